The van der Waals surface area contributed by atoms with Crippen molar-refractivity contribution in [2.24, 2.45) is 0 Å². The Hall–Kier alpha value is -4.12. The lowest BCUT2D eigenvalue weighted by atomic mass is 10.1. The van der Waals surface area contributed by atoms with Crippen molar-refractivity contribution in [2.45, 2.75) is 27.7 Å². The molecule has 5 aromatic rings. The van der Waals surface area contributed by atoms with Gasteiger partial charge in [-0.05, 0) is 70.2 Å². The lowest BCUT2D eigenvalue weighted by Gasteiger charge is -2.04. The summed E-state index contributed by atoms with van der Waals surface area (Å²) in [5.74, 6) is 2.49. The lowest BCUT2D eigenvalue weighted by Crippen LogP contribution is -1.97. The molecule has 0 saturated carbocycles. The fourth-order valence-electron chi connectivity index (χ4n) is 4.44. The molecule has 0 unspecified atom stereocenters. The highest BCUT2D eigenvalue weighted by molar-refractivity contribution is 6.10. The SMILES string of the molecule is C/C=C\c1nc2n(-c3ccccn3)c3ccc4oc(/C=C\C)c(/C=C\C)c4c3n2c1/C=C\C. The van der Waals surface area contributed by atoms with Gasteiger partial charge >= 0.3 is 0 Å². The maximum absolute atomic E-state index is 6.29. The van der Waals surface area contributed by atoms with E-state index in [1.165, 1.54) is 0 Å². The number of benzene rings is 1. The van der Waals surface area contributed by atoms with Crippen molar-refractivity contribution in [3.8, 4) is 5.82 Å². The molecule has 0 amide bonds. The maximum atomic E-state index is 6.29. The second-order valence-electron chi connectivity index (χ2n) is 7.73. The first-order chi connectivity index (χ1) is 16.2. The van der Waals surface area contributed by atoms with Crippen LogP contribution in [0.1, 0.15) is 50.4 Å². The van der Waals surface area contributed by atoms with E-state index < -0.39 is 0 Å². The summed E-state index contributed by atoms with van der Waals surface area (Å²) >= 11 is 0. The molecule has 0 aliphatic heterocycles. The Morgan fingerprint density at radius 1 is 0.848 bits per heavy atom. The molecule has 164 valence electrons. The van der Waals surface area contributed by atoms with E-state index in [1.54, 1.807) is 0 Å². The topological polar surface area (TPSA) is 48.3 Å². The van der Waals surface area contributed by atoms with E-state index in [-0.39, 0.29) is 0 Å². The number of hydrogen-bond donors (Lipinski definition) is 0. The highest BCUT2D eigenvalue weighted by Gasteiger charge is 2.24. The summed E-state index contributed by atoms with van der Waals surface area (Å²) in [7, 11) is 0. The molecule has 5 heteroatoms. The van der Waals surface area contributed by atoms with Gasteiger partial charge in [0, 0.05) is 11.8 Å². The molecule has 0 saturated heterocycles. The summed E-state index contributed by atoms with van der Waals surface area (Å²) in [5, 5.41) is 1.06. The average Bonchev–Trinajstić information content (AvgIpc) is 3.45. The third kappa shape index (κ3) is 3.16. The van der Waals surface area contributed by atoms with Gasteiger partial charge in [0.05, 0.1) is 27.8 Å². The van der Waals surface area contributed by atoms with Crippen molar-refractivity contribution in [3.05, 3.63) is 83.5 Å². The Morgan fingerprint density at radius 3 is 2.33 bits per heavy atom. The molecular formula is C28H26N4O. The molecule has 0 radical (unpaired) electrons. The number of furan rings is 1. The Kier molecular flexibility index (Phi) is 5.31. The zero-order valence-corrected chi connectivity index (χ0v) is 19.3. The van der Waals surface area contributed by atoms with Crippen molar-refractivity contribution in [3.63, 3.8) is 0 Å². The number of fused-ring (bicyclic) bond motifs is 5. The summed E-state index contributed by atoms with van der Waals surface area (Å²) in [6.45, 7) is 8.07. The van der Waals surface area contributed by atoms with Crippen LogP contribution in [0.4, 0.5) is 0 Å². The Balaban J connectivity index is 2.08. The molecule has 0 aliphatic rings. The molecule has 0 spiro atoms. The van der Waals surface area contributed by atoms with Gasteiger partial charge < -0.3 is 4.42 Å². The highest BCUT2D eigenvalue weighted by Crippen LogP contribution is 2.38. The molecule has 33 heavy (non-hydrogen) atoms. The van der Waals surface area contributed by atoms with Gasteiger partial charge in [-0.15, -0.1) is 0 Å². The number of hydrogen-bond acceptors (Lipinski definition) is 3. The Labute approximate surface area is 192 Å². The zero-order chi connectivity index (χ0) is 22.9. The van der Waals surface area contributed by atoms with Crippen LogP contribution in [-0.4, -0.2) is 18.9 Å². The van der Waals surface area contributed by atoms with E-state index in [0.717, 1.165) is 56.3 Å². The van der Waals surface area contributed by atoms with E-state index in [1.807, 2.05) is 88.5 Å². The first kappa shape index (κ1) is 20.8. The second-order valence-corrected chi connectivity index (χ2v) is 7.73. The predicted molar refractivity (Wildman–Crippen MR) is 138 cm³/mol. The number of nitrogens with zero attached hydrogens (tertiary/aromatic N) is 4. The van der Waals surface area contributed by atoms with Crippen LogP contribution in [-0.2, 0) is 0 Å². The molecule has 0 N–H and O–H groups in total. The van der Waals surface area contributed by atoms with Gasteiger partial charge in [-0.2, -0.15) is 0 Å². The van der Waals surface area contributed by atoms with Crippen LogP contribution < -0.4 is 0 Å². The van der Waals surface area contributed by atoms with Crippen molar-refractivity contribution >= 4 is 52.1 Å². The molecular weight excluding hydrogens is 408 g/mol. The molecule has 5 rings (SSSR count). The van der Waals surface area contributed by atoms with Gasteiger partial charge in [-0.1, -0.05) is 36.4 Å². The minimum Gasteiger partial charge on any atom is -0.456 e. The number of rotatable bonds is 5. The monoisotopic (exact) mass is 434 g/mol. The van der Waals surface area contributed by atoms with Crippen LogP contribution in [0.25, 0.3) is 57.9 Å². The summed E-state index contributed by atoms with van der Waals surface area (Å²) < 4.78 is 10.6. The number of aromatic nitrogens is 4. The molecule has 4 aromatic heterocycles. The summed E-state index contributed by atoms with van der Waals surface area (Å²) in [4.78, 5) is 9.70. The molecule has 5 nitrogen and oxygen atoms in total. The normalized spacial score (nSPS) is 13.0. The molecule has 0 aliphatic carbocycles. The van der Waals surface area contributed by atoms with Crippen LogP contribution in [0.3, 0.4) is 0 Å². The van der Waals surface area contributed by atoms with Gasteiger partial charge in [0.1, 0.15) is 17.2 Å². The molecule has 0 bridgehead atoms. The van der Waals surface area contributed by atoms with Gasteiger partial charge in [0.15, 0.2) is 0 Å². The third-order valence-electron chi connectivity index (χ3n) is 5.64. The smallest absolute Gasteiger partial charge is 0.221 e. The Bertz CT molecular complexity index is 1590. The van der Waals surface area contributed by atoms with E-state index >= 15 is 0 Å². The fourth-order valence-corrected chi connectivity index (χ4v) is 4.44. The standard InChI is InChI=1S/C28H26N4O/c1-5-11-19-23(14-8-4)33-24-17-16-22-27(26(19)24)32-21(13-7-3)20(12-6-2)30-28(32)31(22)25-15-9-10-18-29-25/h5-18H,1-4H3/b11-5-,12-6-,13-7-,14-8-. The van der Waals surface area contributed by atoms with Crippen molar-refractivity contribution in [1.82, 2.24) is 18.9 Å². The first-order valence-corrected chi connectivity index (χ1v) is 11.2. The second kappa shape index (κ2) is 8.43. The minimum atomic E-state index is 0.817. The largest absolute Gasteiger partial charge is 0.456 e. The van der Waals surface area contributed by atoms with Crippen molar-refractivity contribution in [1.29, 1.82) is 0 Å². The van der Waals surface area contributed by atoms with Crippen molar-refractivity contribution in [2.75, 3.05) is 0 Å². The van der Waals surface area contributed by atoms with Crippen LogP contribution in [0.2, 0.25) is 0 Å². The minimum absolute atomic E-state index is 0.817. The van der Waals surface area contributed by atoms with Crippen molar-refractivity contribution < 1.29 is 4.42 Å². The summed E-state index contributed by atoms with van der Waals surface area (Å²) in [6.07, 6.45) is 18.2. The van der Waals surface area contributed by atoms with Crippen LogP contribution >= 0.6 is 0 Å². The van der Waals surface area contributed by atoms with E-state index in [9.17, 15) is 0 Å². The van der Waals surface area contributed by atoms with E-state index in [4.69, 9.17) is 9.40 Å². The van der Waals surface area contributed by atoms with E-state index in [0.29, 0.717) is 0 Å². The van der Waals surface area contributed by atoms with Gasteiger partial charge in [0.2, 0.25) is 5.78 Å². The van der Waals surface area contributed by atoms with Crippen LogP contribution in [0.5, 0.6) is 0 Å². The van der Waals surface area contributed by atoms with Gasteiger partial charge in [-0.3, -0.25) is 8.97 Å². The quantitative estimate of drug-likeness (QED) is 0.287. The zero-order valence-electron chi connectivity index (χ0n) is 19.3. The number of imidazole rings is 2. The average molecular weight is 435 g/mol. The van der Waals surface area contributed by atoms with Gasteiger partial charge in [-0.25, -0.2) is 9.97 Å². The first-order valence-electron chi connectivity index (χ1n) is 11.2. The molecule has 1 aromatic carbocycles. The van der Waals surface area contributed by atoms with Crippen LogP contribution in [0.15, 0.2) is 65.2 Å². The Morgan fingerprint density at radius 2 is 1.64 bits per heavy atom. The highest BCUT2D eigenvalue weighted by atomic mass is 16.3. The lowest BCUT2D eigenvalue weighted by molar-refractivity contribution is 0.603. The summed E-state index contributed by atoms with van der Waals surface area (Å²) in [5.41, 5.74) is 5.93. The molecule has 4 heterocycles. The summed E-state index contributed by atoms with van der Waals surface area (Å²) in [6, 6.07) is 10.1. The van der Waals surface area contributed by atoms with Gasteiger partial charge in [0.25, 0.3) is 0 Å². The maximum Gasteiger partial charge on any atom is 0.221 e. The van der Waals surface area contributed by atoms with E-state index in [2.05, 4.69) is 38.2 Å². The van der Waals surface area contributed by atoms with Crippen LogP contribution in [0, 0.1) is 0 Å². The molecule has 0 atom stereocenters. The fraction of sp³-hybridized carbons (Fsp3) is 0.143. The predicted octanol–water partition coefficient (Wildman–Crippen LogP) is 7.55. The number of pyridine rings is 1. The third-order valence-corrected chi connectivity index (χ3v) is 5.64. The number of allylic oxidation sites excluding steroid dienone is 4. The molecule has 0 fully saturated rings.